The quantitative estimate of drug-likeness (QED) is 0.161. The Labute approximate surface area is 495 Å². The van der Waals surface area contributed by atoms with Crippen LogP contribution in [0.15, 0.2) is 0 Å². The third-order valence-electron chi connectivity index (χ3n) is 0. The Hall–Kier alpha value is 12.2. The summed E-state index contributed by atoms with van der Waals surface area (Å²) >= 11 is 0. The van der Waals surface area contributed by atoms with Crippen molar-refractivity contribution in [1.82, 2.24) is 0 Å². The first-order chi connectivity index (χ1) is 12.0. The van der Waals surface area contributed by atoms with Crippen molar-refractivity contribution < 1.29 is 115 Å². The number of hydrogen-bond donors (Lipinski definition) is 0. The largest absolute Gasteiger partial charge is 2.00 e. The fourth-order valence-electron chi connectivity index (χ4n) is 0. The molecule has 0 amide bonds. The Bertz CT molecular complexity index is 489. The third kappa shape index (κ3) is 782. The van der Waals surface area contributed by atoms with Crippen molar-refractivity contribution >= 4 is 394 Å². The van der Waals surface area contributed by atoms with E-state index in [1.54, 1.807) is 0 Å². The smallest absolute Gasteiger partial charge is 0.822 e. The van der Waals surface area contributed by atoms with Gasteiger partial charge in [0.05, 0.1) is 0 Å². The molecule has 0 heterocycles. The van der Waals surface area contributed by atoms with Crippen LogP contribution in [-0.2, 0) is 27.4 Å². The molecule has 0 aliphatic carbocycles. The molecule has 0 aliphatic rings. The monoisotopic (exact) mass is 977 g/mol. The minimum absolute atomic E-state index is 0. The summed E-state index contributed by atoms with van der Waals surface area (Å²) in [6.45, 7) is 0. The predicted octanol–water partition coefficient (Wildman–Crippen LogP) is -20.4. The van der Waals surface area contributed by atoms with Crippen molar-refractivity contribution in [3.05, 3.63) is 0 Å². The molecule has 0 fully saturated rings. The van der Waals surface area contributed by atoms with Gasteiger partial charge in [-0.05, 0) is 0 Å². The van der Waals surface area contributed by atoms with Crippen LogP contribution < -0.4 is 88.1 Å². The zero-order valence-electron chi connectivity index (χ0n) is 18.8. The van der Waals surface area contributed by atoms with Gasteiger partial charge >= 0.3 is 347 Å². The van der Waals surface area contributed by atoms with Crippen LogP contribution in [0, 0.1) is 0 Å². The van der Waals surface area contributed by atoms with E-state index in [0.717, 1.165) is 0 Å². The van der Waals surface area contributed by atoms with E-state index in [9.17, 15) is 0 Å². The molecule has 0 saturated heterocycles. The molecule has 0 unspecified atom stereocenters. The Kier molecular flexibility index (Phi) is 132. The summed E-state index contributed by atoms with van der Waals surface area (Å²) in [6, 6.07) is 0. The molecule has 0 radical (unpaired) electrons. The van der Waals surface area contributed by atoms with E-state index in [1.165, 1.54) is 0 Å². The van der Waals surface area contributed by atoms with Gasteiger partial charge in [-0.3, -0.25) is 0 Å². The van der Waals surface area contributed by atoms with E-state index >= 15 is 0 Å². The predicted molar refractivity (Wildman–Crippen MR) is 97.4 cm³/mol. The maximum atomic E-state index is 8.55. The second-order valence-electron chi connectivity index (χ2n) is 2.68. The van der Waals surface area contributed by atoms with Crippen molar-refractivity contribution in [3.8, 4) is 0 Å². The molecule has 0 spiro atoms. The summed E-state index contributed by atoms with van der Waals surface area (Å²) in [6.07, 6.45) is 0. The molecule has 0 aromatic rings. The van der Waals surface area contributed by atoms with Gasteiger partial charge in [0.2, 0.25) is 0 Å². The molecule has 0 aliphatic heterocycles. The van der Waals surface area contributed by atoms with Crippen molar-refractivity contribution in [1.29, 1.82) is 0 Å². The minimum Gasteiger partial charge on any atom is -0.822 e. The Morgan fingerprint density at radius 1 is 0.205 bits per heavy atom. The molecule has 0 saturated carbocycles. The van der Waals surface area contributed by atoms with Crippen molar-refractivity contribution in [2.45, 2.75) is 0 Å². The number of phosphoric acid groups is 6. The van der Waals surface area contributed by atoms with Gasteiger partial charge in [-0.2, -0.15) is 46.9 Å². The molecule has 0 atom stereocenters. The zero-order valence-corrected chi connectivity index (χ0v) is 45.4. The van der Waals surface area contributed by atoms with E-state index in [-0.39, 0.29) is 347 Å². The fraction of sp³-hybridized carbons (Fsp3) is 0. The SMILES string of the molecule is O=P([O-])([O-])[O-].O=P([O-])([O-])[O-].O=P([O-])([O-])[O-].O=P([O-])([O-])[O-].O=P([O-])([O-])[O-].O=P([O-])([O-])[O-].[Ca+2].[Ca+2].[Ca+2].[Ca+2].[Ca+2].[Ca+2].[Ca+2].[Ca+2].[Sr+2]. The van der Waals surface area contributed by atoms with Crippen molar-refractivity contribution in [3.63, 3.8) is 0 Å². The zero-order chi connectivity index (χ0) is 27.0. The van der Waals surface area contributed by atoms with Gasteiger partial charge in [0.25, 0.3) is 0 Å². The van der Waals surface area contributed by atoms with Crippen LogP contribution in [0.3, 0.4) is 0 Å². The molecule has 39 heavy (non-hydrogen) atoms. The first kappa shape index (κ1) is 98.5. The van der Waals surface area contributed by atoms with Gasteiger partial charge in [-0.1, -0.05) is 0 Å². The van der Waals surface area contributed by atoms with Crippen molar-refractivity contribution in [2.24, 2.45) is 0 Å². The van der Waals surface area contributed by atoms with Gasteiger partial charge in [-0.25, -0.2) is 0 Å². The van der Waals surface area contributed by atoms with Crippen LogP contribution in [0.2, 0.25) is 0 Å². The first-order valence-corrected chi connectivity index (χ1v) is 13.1. The first-order valence-electron chi connectivity index (χ1n) is 4.38. The van der Waals surface area contributed by atoms with Crippen LogP contribution in [-0.4, -0.2) is 347 Å². The average Bonchev–Trinajstić information content (AvgIpc) is 1.94. The van der Waals surface area contributed by atoms with E-state index in [0.29, 0.717) is 0 Å². The van der Waals surface area contributed by atoms with Crippen LogP contribution >= 0.6 is 46.9 Å². The molecule has 0 aromatic heterocycles. The van der Waals surface area contributed by atoms with Gasteiger partial charge in [0.15, 0.2) is 0 Å². The van der Waals surface area contributed by atoms with Gasteiger partial charge in [-0.15, -0.1) is 0 Å². The Balaban J connectivity index is -0.0000000130. The molecule has 24 nitrogen and oxygen atoms in total. The Morgan fingerprint density at radius 2 is 0.205 bits per heavy atom. The molecular weight excluding hydrogens is 978 g/mol. The summed E-state index contributed by atoms with van der Waals surface area (Å²) < 4.78 is 51.3. The summed E-state index contributed by atoms with van der Waals surface area (Å²) in [5, 5.41) is 0. The van der Waals surface area contributed by atoms with Crippen LogP contribution in [0.1, 0.15) is 0 Å². The average molecular weight is 978 g/mol. The molecule has 0 aromatic carbocycles. The second-order valence-corrected chi connectivity index (χ2v) is 8.05. The van der Waals surface area contributed by atoms with Crippen molar-refractivity contribution in [2.75, 3.05) is 0 Å². The van der Waals surface area contributed by atoms with Gasteiger partial charge < -0.3 is 115 Å². The van der Waals surface area contributed by atoms with Gasteiger partial charge in [0.1, 0.15) is 0 Å². The van der Waals surface area contributed by atoms with Crippen LogP contribution in [0.4, 0.5) is 0 Å². The standard InChI is InChI=1S/8Ca.6H3O4P.Sr/c;;;;;;;;6*1-5(2,3)4;/h;;;;;;;;6*(H3,1,2,3,4);/q8*+2;;;;;;;+2/p-18. The van der Waals surface area contributed by atoms with E-state index in [1.807, 2.05) is 0 Å². The molecular formula is Ca8O24P6Sr. The topological polar surface area (TPSA) is 518 Å². The summed E-state index contributed by atoms with van der Waals surface area (Å²) in [5.74, 6) is 0. The molecule has 0 N–H and O–H groups in total. The van der Waals surface area contributed by atoms with E-state index in [2.05, 4.69) is 0 Å². The molecule has 0 rings (SSSR count). The molecule has 0 bridgehead atoms. The fourth-order valence-corrected chi connectivity index (χ4v) is 0. The number of hydrogen-bond acceptors (Lipinski definition) is 24. The molecule has 39 heteroatoms. The Morgan fingerprint density at radius 3 is 0.205 bits per heavy atom. The van der Waals surface area contributed by atoms with Gasteiger partial charge in [0, 0.05) is 0 Å². The van der Waals surface area contributed by atoms with Crippen LogP contribution in [0.5, 0.6) is 0 Å². The normalized spacial score (nSPS) is 9.08. The van der Waals surface area contributed by atoms with Crippen LogP contribution in [0.25, 0.3) is 0 Å². The van der Waals surface area contributed by atoms with E-state index < -0.39 is 46.9 Å². The minimum atomic E-state index is -5.39. The molecule has 192 valence electrons. The maximum Gasteiger partial charge on any atom is 2.00 e. The number of rotatable bonds is 0. The van der Waals surface area contributed by atoms with E-state index in [4.69, 9.17) is 115 Å². The third-order valence-corrected chi connectivity index (χ3v) is 0. The summed E-state index contributed by atoms with van der Waals surface area (Å²) in [7, 11) is -32.3. The maximum absolute atomic E-state index is 8.55. The second kappa shape index (κ2) is 52.3. The summed E-state index contributed by atoms with van der Waals surface area (Å²) in [5.41, 5.74) is 0. The summed E-state index contributed by atoms with van der Waals surface area (Å²) in [4.78, 5) is 154.